The molecule has 0 amide bonds. The number of hydrogen-bond donors (Lipinski definition) is 0. The summed E-state index contributed by atoms with van der Waals surface area (Å²) in [6.07, 6.45) is 1.70. The van der Waals surface area contributed by atoms with Crippen LogP contribution in [0.5, 0.6) is 0 Å². The maximum absolute atomic E-state index is 12.3. The van der Waals surface area contributed by atoms with Crippen LogP contribution in [-0.4, -0.2) is 30.8 Å². The maximum Gasteiger partial charge on any atom is 0.332 e. The normalized spacial score (nSPS) is 22.4. The van der Waals surface area contributed by atoms with Gasteiger partial charge in [-0.3, -0.25) is 13.9 Å². The number of nitrogens with zero attached hydrogens (tertiary/aromatic N) is 4. The predicted octanol–water partition coefficient (Wildman–Crippen LogP) is -0.690. The van der Waals surface area contributed by atoms with Crippen LogP contribution in [0.2, 0.25) is 0 Å². The molecular weight excluding hydrogens is 264 g/mol. The number of imidazole rings is 1. The first-order chi connectivity index (χ1) is 9.41. The van der Waals surface area contributed by atoms with Crippen LogP contribution < -0.4 is 11.2 Å². The van der Waals surface area contributed by atoms with Gasteiger partial charge in [0.1, 0.15) is 12.1 Å². The highest BCUT2D eigenvalue weighted by atomic mass is 16.6. The number of esters is 1. The van der Waals surface area contributed by atoms with E-state index in [4.69, 9.17) is 4.74 Å². The molecule has 2 aromatic heterocycles. The van der Waals surface area contributed by atoms with E-state index in [9.17, 15) is 14.4 Å². The number of fused-ring (bicyclic) bond motifs is 1. The summed E-state index contributed by atoms with van der Waals surface area (Å²) in [6.45, 7) is 1.80. The molecule has 20 heavy (non-hydrogen) atoms. The summed E-state index contributed by atoms with van der Waals surface area (Å²) in [5, 5.41) is 0. The van der Waals surface area contributed by atoms with Crippen molar-refractivity contribution in [3.63, 3.8) is 0 Å². The zero-order chi connectivity index (χ0) is 14.6. The topological polar surface area (TPSA) is 88.1 Å². The van der Waals surface area contributed by atoms with E-state index in [2.05, 4.69) is 4.98 Å². The number of cyclic esters (lactones) is 1. The van der Waals surface area contributed by atoms with Gasteiger partial charge in [0.15, 0.2) is 11.2 Å². The minimum atomic E-state index is -0.569. The molecule has 106 valence electrons. The van der Waals surface area contributed by atoms with Crippen molar-refractivity contribution in [2.45, 2.75) is 25.5 Å². The number of carbonyl (C=O) groups excluding carboxylic acids is 1. The molecule has 0 saturated carbocycles. The van der Waals surface area contributed by atoms with E-state index in [1.165, 1.54) is 29.6 Å². The van der Waals surface area contributed by atoms with E-state index in [1.807, 2.05) is 0 Å². The quantitative estimate of drug-likeness (QED) is 0.644. The van der Waals surface area contributed by atoms with E-state index in [-0.39, 0.29) is 23.2 Å². The van der Waals surface area contributed by atoms with Crippen LogP contribution >= 0.6 is 0 Å². The van der Waals surface area contributed by atoms with Crippen LogP contribution in [0, 0.1) is 0 Å². The van der Waals surface area contributed by atoms with Gasteiger partial charge < -0.3 is 9.30 Å². The molecule has 1 saturated heterocycles. The molecule has 0 aromatic carbocycles. The molecule has 2 atom stereocenters. The predicted molar refractivity (Wildman–Crippen MR) is 69.4 cm³/mol. The zero-order valence-corrected chi connectivity index (χ0v) is 11.4. The van der Waals surface area contributed by atoms with Crippen molar-refractivity contribution in [3.05, 3.63) is 27.2 Å². The van der Waals surface area contributed by atoms with Gasteiger partial charge in [0, 0.05) is 20.5 Å². The molecule has 1 fully saturated rings. The van der Waals surface area contributed by atoms with Gasteiger partial charge in [0.25, 0.3) is 5.56 Å². The third-order valence-corrected chi connectivity index (χ3v) is 3.65. The molecule has 1 aliphatic rings. The molecule has 3 rings (SSSR count). The lowest BCUT2D eigenvalue weighted by Crippen LogP contribution is -2.38. The number of aromatic nitrogens is 4. The van der Waals surface area contributed by atoms with Crippen molar-refractivity contribution in [3.8, 4) is 0 Å². The average molecular weight is 278 g/mol. The van der Waals surface area contributed by atoms with Crippen LogP contribution in [0.15, 0.2) is 15.9 Å². The molecule has 0 aliphatic carbocycles. The van der Waals surface area contributed by atoms with Gasteiger partial charge in [-0.25, -0.2) is 14.6 Å². The van der Waals surface area contributed by atoms with Gasteiger partial charge in [-0.1, -0.05) is 0 Å². The highest BCUT2D eigenvalue weighted by molar-refractivity contribution is 5.80. The summed E-state index contributed by atoms with van der Waals surface area (Å²) in [4.78, 5) is 40.0. The minimum absolute atomic E-state index is 0.193. The standard InChI is InChI=1S/C12H14N4O4/c1-6-4-7(11(18)20-6)16-5-13-9-8(16)10(17)15(3)12(19)14(9)2/h5-7H,4H2,1-3H3/t6-,7-/m0/s1. The minimum Gasteiger partial charge on any atom is -0.461 e. The Morgan fingerprint density at radius 3 is 2.55 bits per heavy atom. The monoisotopic (exact) mass is 278 g/mol. The van der Waals surface area contributed by atoms with Crippen LogP contribution in [0.25, 0.3) is 11.2 Å². The van der Waals surface area contributed by atoms with Gasteiger partial charge in [-0.15, -0.1) is 0 Å². The van der Waals surface area contributed by atoms with Crippen molar-refractivity contribution in [2.24, 2.45) is 14.1 Å². The fourth-order valence-electron chi connectivity index (χ4n) is 2.56. The van der Waals surface area contributed by atoms with Crippen LogP contribution in [0.4, 0.5) is 0 Å². The molecule has 2 aromatic rings. The van der Waals surface area contributed by atoms with Crippen molar-refractivity contribution in [1.82, 2.24) is 18.7 Å². The van der Waals surface area contributed by atoms with Gasteiger partial charge in [-0.05, 0) is 6.92 Å². The van der Waals surface area contributed by atoms with Crippen LogP contribution in [-0.2, 0) is 23.6 Å². The molecule has 3 heterocycles. The van der Waals surface area contributed by atoms with E-state index in [0.717, 1.165) is 4.57 Å². The Bertz CT molecular complexity index is 828. The molecule has 0 N–H and O–H groups in total. The summed E-state index contributed by atoms with van der Waals surface area (Å²) in [5.41, 5.74) is -0.404. The fourth-order valence-corrected chi connectivity index (χ4v) is 2.56. The average Bonchev–Trinajstić information content (AvgIpc) is 2.97. The second-order valence-corrected chi connectivity index (χ2v) is 5.03. The molecule has 0 radical (unpaired) electrons. The lowest BCUT2D eigenvalue weighted by atomic mass is 10.2. The largest absolute Gasteiger partial charge is 0.461 e. The lowest BCUT2D eigenvalue weighted by molar-refractivity contribution is -0.143. The van der Waals surface area contributed by atoms with Crippen molar-refractivity contribution in [1.29, 1.82) is 0 Å². The molecule has 0 bridgehead atoms. The summed E-state index contributed by atoms with van der Waals surface area (Å²) >= 11 is 0. The van der Waals surface area contributed by atoms with Crippen LogP contribution in [0.3, 0.4) is 0 Å². The summed E-state index contributed by atoms with van der Waals surface area (Å²) in [6, 6.07) is -0.569. The number of rotatable bonds is 1. The summed E-state index contributed by atoms with van der Waals surface area (Å²) in [5.74, 6) is -0.382. The number of aryl methyl sites for hydroxylation is 1. The van der Waals surface area contributed by atoms with E-state index < -0.39 is 17.3 Å². The Kier molecular flexibility index (Phi) is 2.56. The Morgan fingerprint density at radius 1 is 1.25 bits per heavy atom. The highest BCUT2D eigenvalue weighted by Gasteiger charge is 2.35. The molecule has 8 heteroatoms. The zero-order valence-electron chi connectivity index (χ0n) is 11.4. The van der Waals surface area contributed by atoms with Gasteiger partial charge in [0.05, 0.1) is 6.33 Å². The lowest BCUT2D eigenvalue weighted by Gasteiger charge is -2.09. The highest BCUT2D eigenvalue weighted by Crippen LogP contribution is 2.27. The SMILES string of the molecule is C[C@H]1C[C@H](n2cnc3c2c(=O)n(C)c(=O)n3C)C(=O)O1. The first-order valence-corrected chi connectivity index (χ1v) is 6.25. The van der Waals surface area contributed by atoms with E-state index in [1.54, 1.807) is 6.92 Å². The van der Waals surface area contributed by atoms with Gasteiger partial charge in [0.2, 0.25) is 0 Å². The first kappa shape index (κ1) is 12.6. The molecule has 1 aliphatic heterocycles. The molecule has 0 unspecified atom stereocenters. The van der Waals surface area contributed by atoms with Crippen LogP contribution in [0.1, 0.15) is 19.4 Å². The fraction of sp³-hybridized carbons (Fsp3) is 0.500. The second-order valence-electron chi connectivity index (χ2n) is 5.03. The second kappa shape index (κ2) is 4.06. The van der Waals surface area contributed by atoms with Crippen molar-refractivity contribution >= 4 is 17.1 Å². The Hall–Kier alpha value is -2.38. The maximum atomic E-state index is 12.3. The number of ether oxygens (including phenoxy) is 1. The van der Waals surface area contributed by atoms with Crippen molar-refractivity contribution < 1.29 is 9.53 Å². The van der Waals surface area contributed by atoms with Crippen molar-refractivity contribution in [2.75, 3.05) is 0 Å². The van der Waals surface area contributed by atoms with Gasteiger partial charge in [-0.2, -0.15) is 0 Å². The Balaban J connectivity index is 2.32. The molecular formula is C12H14N4O4. The number of hydrogen-bond acceptors (Lipinski definition) is 5. The molecule has 8 nitrogen and oxygen atoms in total. The Labute approximate surface area is 113 Å². The third-order valence-electron chi connectivity index (χ3n) is 3.65. The summed E-state index contributed by atoms with van der Waals surface area (Å²) in [7, 11) is 2.94. The van der Waals surface area contributed by atoms with E-state index in [0.29, 0.717) is 6.42 Å². The smallest absolute Gasteiger partial charge is 0.332 e. The van der Waals surface area contributed by atoms with Gasteiger partial charge >= 0.3 is 11.7 Å². The Morgan fingerprint density at radius 2 is 1.95 bits per heavy atom. The first-order valence-electron chi connectivity index (χ1n) is 6.25. The third kappa shape index (κ3) is 1.54. The number of carbonyl (C=O) groups is 1. The van der Waals surface area contributed by atoms with E-state index >= 15 is 0 Å². The summed E-state index contributed by atoms with van der Waals surface area (Å²) < 4.78 is 8.90. The molecule has 0 spiro atoms.